The van der Waals surface area contributed by atoms with Gasteiger partial charge >= 0.3 is 0 Å². The van der Waals surface area contributed by atoms with E-state index in [1.165, 1.54) is 39.8 Å². The molecule has 11 nitrogen and oxygen atoms in total. The summed E-state index contributed by atoms with van der Waals surface area (Å²) in [5.41, 5.74) is -2.63. The summed E-state index contributed by atoms with van der Waals surface area (Å²) in [5.74, 6) is -0.766. The molecule has 2 spiro atoms. The van der Waals surface area contributed by atoms with Crippen molar-refractivity contribution in [3.8, 4) is 5.75 Å². The molecule has 7 atom stereocenters. The Morgan fingerprint density at radius 2 is 1.85 bits per heavy atom. The summed E-state index contributed by atoms with van der Waals surface area (Å²) >= 11 is 0. The van der Waals surface area contributed by atoms with E-state index in [1.54, 1.807) is 19.1 Å². The first-order valence-corrected chi connectivity index (χ1v) is 18.5. The maximum atomic E-state index is 14.7. The number of hydrogen-bond donors (Lipinski definition) is 7. The molecule has 1 aromatic carbocycles. The standard InChI is InChI=1S/C34H40N2O9S2/c1-18-11-21-27(39)20-5-4-6-22-26(20)29(41)33(21,24(38)12-18)16-46-47-17-36-25-13-19(7-10-35-25)32(8-2-3-9-32)15-34(43)28(40)23(14-37)45-31(44-22)30(34)42/h4-7,11-13,21,23,28,30-31,35-38,40,42-43H,2-3,8-10,14-17H2,1H3/t21-,23-,28-,30+,31-,33+,34+/m1/s1. The van der Waals surface area contributed by atoms with E-state index in [4.69, 9.17) is 9.47 Å². The van der Waals surface area contributed by atoms with Crippen LogP contribution in [0.2, 0.25) is 0 Å². The van der Waals surface area contributed by atoms with Gasteiger partial charge in [0, 0.05) is 17.9 Å². The van der Waals surface area contributed by atoms with E-state index in [0.29, 0.717) is 18.0 Å². The number of carbonyl (C=O) groups excluding carboxylic acids is 2. The number of allylic oxidation sites excluding steroid dienone is 6. The molecule has 0 amide bonds. The Labute approximate surface area is 280 Å². The number of rotatable bonds is 1. The fourth-order valence-corrected chi connectivity index (χ4v) is 10.6. The molecule has 1 aromatic rings. The van der Waals surface area contributed by atoms with E-state index in [2.05, 4.69) is 16.7 Å². The second-order valence-corrected chi connectivity index (χ2v) is 15.9. The van der Waals surface area contributed by atoms with Gasteiger partial charge in [0.15, 0.2) is 11.6 Å². The molecule has 0 unspecified atom stereocenters. The molecule has 6 aliphatic rings. The molecular formula is C34H40N2O9S2. The van der Waals surface area contributed by atoms with Gasteiger partial charge in [0.05, 0.1) is 29.8 Å². The number of Topliss-reactive ketones (excluding diaryl/α,β-unsaturated/α-hetero) is 2. The van der Waals surface area contributed by atoms with Crippen LogP contribution in [0.15, 0.2) is 65.2 Å². The third-order valence-electron chi connectivity index (χ3n) is 10.8. The number of aliphatic hydroxyl groups excluding tert-OH is 4. The van der Waals surface area contributed by atoms with Gasteiger partial charge < -0.3 is 45.6 Å². The predicted octanol–water partition coefficient (Wildman–Crippen LogP) is 2.88. The molecule has 47 heavy (non-hydrogen) atoms. The van der Waals surface area contributed by atoms with Crippen LogP contribution >= 0.6 is 21.6 Å². The van der Waals surface area contributed by atoms with Gasteiger partial charge in [-0.25, -0.2) is 0 Å². The third-order valence-corrected chi connectivity index (χ3v) is 13.0. The molecule has 0 aromatic heterocycles. The van der Waals surface area contributed by atoms with Gasteiger partial charge in [-0.1, -0.05) is 64.3 Å². The van der Waals surface area contributed by atoms with Gasteiger partial charge in [-0.2, -0.15) is 0 Å². The summed E-state index contributed by atoms with van der Waals surface area (Å²) in [6, 6.07) is 4.57. The third kappa shape index (κ3) is 5.17. The average molecular weight is 685 g/mol. The van der Waals surface area contributed by atoms with E-state index in [9.17, 15) is 35.1 Å². The fraction of sp³-hybridized carbons (Fsp3) is 0.529. The lowest BCUT2D eigenvalue weighted by atomic mass is 9.60. The topological polar surface area (TPSA) is 178 Å². The average Bonchev–Trinajstić information content (AvgIpc) is 3.53. The van der Waals surface area contributed by atoms with Crippen LogP contribution in [0.1, 0.15) is 59.7 Å². The van der Waals surface area contributed by atoms with E-state index < -0.39 is 59.3 Å². The van der Waals surface area contributed by atoms with Crippen LogP contribution in [0.4, 0.5) is 0 Å². The number of benzene rings is 1. The maximum absolute atomic E-state index is 14.7. The van der Waals surface area contributed by atoms with Gasteiger partial charge in [0.2, 0.25) is 6.29 Å². The Balaban J connectivity index is 1.36. The van der Waals surface area contributed by atoms with Crippen molar-refractivity contribution in [3.05, 3.63) is 76.4 Å². The zero-order valence-electron chi connectivity index (χ0n) is 26.0. The Hall–Kier alpha value is -2.78. The molecule has 13 heteroatoms. The number of aliphatic hydroxyl groups is 5. The van der Waals surface area contributed by atoms with Crippen molar-refractivity contribution in [3.63, 3.8) is 0 Å². The first-order chi connectivity index (χ1) is 22.5. The first-order valence-electron chi connectivity index (χ1n) is 16.0. The number of ether oxygens (including phenoxy) is 2. The smallest absolute Gasteiger partial charge is 0.229 e. The molecule has 6 bridgehead atoms. The van der Waals surface area contributed by atoms with Gasteiger partial charge in [0.25, 0.3) is 0 Å². The minimum Gasteiger partial charge on any atom is -0.511 e. The van der Waals surface area contributed by atoms with Crippen LogP contribution in [0, 0.1) is 16.7 Å². The van der Waals surface area contributed by atoms with Gasteiger partial charge in [-0.15, -0.1) is 0 Å². The van der Waals surface area contributed by atoms with Crippen molar-refractivity contribution in [1.82, 2.24) is 10.6 Å². The Morgan fingerprint density at radius 1 is 1.06 bits per heavy atom. The quantitative estimate of drug-likeness (QED) is 0.215. The molecule has 3 heterocycles. The van der Waals surface area contributed by atoms with Crippen molar-refractivity contribution in [2.75, 3.05) is 24.8 Å². The Bertz CT molecular complexity index is 1600. The van der Waals surface area contributed by atoms with Gasteiger partial charge in [0.1, 0.15) is 40.8 Å². The summed E-state index contributed by atoms with van der Waals surface area (Å²) in [7, 11) is 2.84. The summed E-state index contributed by atoms with van der Waals surface area (Å²) in [5, 5.41) is 63.9. The molecule has 1 saturated carbocycles. The molecule has 0 radical (unpaired) electrons. The van der Waals surface area contributed by atoms with Crippen molar-refractivity contribution in [1.29, 1.82) is 0 Å². The lowest BCUT2D eigenvalue weighted by Gasteiger charge is -2.51. The van der Waals surface area contributed by atoms with Gasteiger partial charge in [-0.3, -0.25) is 9.59 Å². The van der Waals surface area contributed by atoms with Crippen molar-refractivity contribution in [2.24, 2.45) is 16.7 Å². The molecule has 7 rings (SSSR count). The monoisotopic (exact) mass is 684 g/mol. The summed E-state index contributed by atoms with van der Waals surface area (Å²) < 4.78 is 12.1. The second-order valence-electron chi connectivity index (χ2n) is 13.4. The van der Waals surface area contributed by atoms with E-state index >= 15 is 0 Å². The highest BCUT2D eigenvalue weighted by molar-refractivity contribution is 8.76. The minimum absolute atomic E-state index is 0.0261. The molecule has 3 aliphatic carbocycles. The van der Waals surface area contributed by atoms with E-state index in [0.717, 1.165) is 37.1 Å². The molecular weight excluding hydrogens is 645 g/mol. The number of nitrogens with one attached hydrogen (secondary N) is 2. The van der Waals surface area contributed by atoms with Crippen LogP contribution < -0.4 is 15.4 Å². The number of hydrogen-bond acceptors (Lipinski definition) is 13. The Kier molecular flexibility index (Phi) is 8.55. The molecule has 252 valence electrons. The first kappa shape index (κ1) is 32.8. The zero-order valence-corrected chi connectivity index (χ0v) is 27.6. The summed E-state index contributed by atoms with van der Waals surface area (Å²) in [6.07, 6.45) is 4.15. The van der Waals surface area contributed by atoms with Crippen LogP contribution in [-0.4, -0.2) is 92.1 Å². The highest BCUT2D eigenvalue weighted by Gasteiger charge is 2.61. The highest BCUT2D eigenvalue weighted by Crippen LogP contribution is 2.55. The van der Waals surface area contributed by atoms with E-state index in [-0.39, 0.29) is 40.6 Å². The Morgan fingerprint density at radius 3 is 2.62 bits per heavy atom. The molecule has 2 fully saturated rings. The van der Waals surface area contributed by atoms with E-state index in [1.807, 2.05) is 6.08 Å². The summed E-state index contributed by atoms with van der Waals surface area (Å²) in [4.78, 5) is 28.8. The number of ketones is 2. The maximum Gasteiger partial charge on any atom is 0.229 e. The lowest BCUT2D eigenvalue weighted by molar-refractivity contribution is -0.319. The number of carbonyl (C=O) groups is 2. The molecule has 1 saturated heterocycles. The highest BCUT2D eigenvalue weighted by atomic mass is 33.1. The number of fused-ring (bicyclic) bond motifs is 4. The SMILES string of the molecule is CC1=C[C@@H]2C(=O)c3cccc4c3C(=O)[C@]2(CSSCNC2=CC(=CCN2)C2(CCCC2)C[C@]2(O)[C@H](O)[C@@H](CO)O[C@@H](O4)[C@@H]2O)C(O)=C1. The zero-order chi connectivity index (χ0) is 33.1. The van der Waals surface area contributed by atoms with Crippen molar-refractivity contribution >= 4 is 33.2 Å². The van der Waals surface area contributed by atoms with Crippen LogP contribution in [-0.2, 0) is 4.74 Å². The lowest BCUT2D eigenvalue weighted by Crippen LogP contribution is -2.69. The van der Waals surface area contributed by atoms with Crippen molar-refractivity contribution in [2.45, 2.75) is 69.2 Å². The van der Waals surface area contributed by atoms with Crippen LogP contribution in [0.25, 0.3) is 0 Å². The van der Waals surface area contributed by atoms with Crippen LogP contribution in [0.3, 0.4) is 0 Å². The minimum atomic E-state index is -2.17. The van der Waals surface area contributed by atoms with Gasteiger partial charge in [-0.05, 0) is 55.4 Å². The molecule has 3 aliphatic heterocycles. The van der Waals surface area contributed by atoms with Crippen molar-refractivity contribution < 1.29 is 44.6 Å². The largest absolute Gasteiger partial charge is 0.511 e. The molecule has 7 N–H and O–H groups in total. The predicted molar refractivity (Wildman–Crippen MR) is 177 cm³/mol. The normalized spacial score (nSPS) is 36.7. The number of dihydropyridines is 1. The van der Waals surface area contributed by atoms with Crippen LogP contribution in [0.5, 0.6) is 5.75 Å². The fourth-order valence-electron chi connectivity index (χ4n) is 8.29. The summed E-state index contributed by atoms with van der Waals surface area (Å²) in [6.45, 7) is 1.63. The second kappa shape index (κ2) is 12.3.